The number of nitrogens with zero attached hydrogens (tertiary/aromatic N) is 4. The first-order chi connectivity index (χ1) is 41.7. The third kappa shape index (κ3) is 31.3. The van der Waals surface area contributed by atoms with Crippen LogP contribution in [0.15, 0.2) is 24.3 Å². The van der Waals surface area contributed by atoms with Gasteiger partial charge in [-0.1, -0.05) is 121 Å². The Bertz CT molecular complexity index is 2240. The van der Waals surface area contributed by atoms with Gasteiger partial charge in [0.2, 0.25) is 53.7 Å². The molecule has 504 valence electrons. The lowest BCUT2D eigenvalue weighted by molar-refractivity contribution is -0.144. The summed E-state index contributed by atoms with van der Waals surface area (Å²) >= 11 is 0. The SMILES string of the molecule is CC.CCC.CCC(C)C(C(CC(=O)N1CCCC1C(OC)C(C)C)OC)N(C)C(=O)CNC(=O)C(C(C)C)N(C)C(=O)OCc1ccc(NC(=O)CNC(=O)C(NC(=O)CCCCCN2C(=O)CCC2=O)C(C)C)cc1.CCCNC(N)=O.CNC=O. The van der Waals surface area contributed by atoms with Crippen molar-refractivity contribution in [3.63, 3.8) is 0 Å². The predicted molar refractivity (Wildman–Crippen MR) is 341 cm³/mol. The molecule has 0 spiro atoms. The van der Waals surface area contributed by atoms with Crippen molar-refractivity contribution in [2.75, 3.05) is 73.4 Å². The maximum absolute atomic E-state index is 13.8. The van der Waals surface area contributed by atoms with Crippen LogP contribution in [0, 0.1) is 23.7 Å². The number of carbonyl (C=O) groups is 11. The molecule has 7 unspecified atom stereocenters. The summed E-state index contributed by atoms with van der Waals surface area (Å²) < 4.78 is 17.3. The molecule has 12 amide bonds. The van der Waals surface area contributed by atoms with Crippen LogP contribution in [0.25, 0.3) is 0 Å². The highest BCUT2D eigenvalue weighted by molar-refractivity contribution is 6.02. The van der Waals surface area contributed by atoms with Gasteiger partial charge in [0.05, 0.1) is 43.8 Å². The van der Waals surface area contributed by atoms with Crippen LogP contribution in [-0.4, -0.2) is 190 Å². The molecule has 7 atom stereocenters. The number of hydrogen-bond donors (Lipinski definition) is 7. The van der Waals surface area contributed by atoms with Crippen molar-refractivity contribution in [3.05, 3.63) is 29.8 Å². The van der Waals surface area contributed by atoms with Gasteiger partial charge in [-0.05, 0) is 73.5 Å². The Morgan fingerprint density at radius 2 is 1.34 bits per heavy atom. The number of ether oxygens (including phenoxy) is 3. The first-order valence-electron chi connectivity index (χ1n) is 31.4. The van der Waals surface area contributed by atoms with E-state index < -0.39 is 54.1 Å². The fourth-order valence-corrected chi connectivity index (χ4v) is 9.83. The molecule has 0 saturated carbocycles. The van der Waals surface area contributed by atoms with Crippen LogP contribution in [0.5, 0.6) is 0 Å². The molecule has 0 bridgehead atoms. The van der Waals surface area contributed by atoms with Gasteiger partial charge >= 0.3 is 12.1 Å². The Balaban J connectivity index is 0. The molecule has 25 heteroatoms. The molecule has 1 aromatic carbocycles. The number of hydrogen-bond acceptors (Lipinski definition) is 14. The highest BCUT2D eigenvalue weighted by Gasteiger charge is 2.40. The summed E-state index contributed by atoms with van der Waals surface area (Å²) in [6.45, 7) is 26.3. The average Bonchev–Trinajstić information content (AvgIpc) is 4.01. The first-order valence-corrected chi connectivity index (χ1v) is 31.4. The maximum atomic E-state index is 13.8. The smallest absolute Gasteiger partial charge is 0.410 e. The Morgan fingerprint density at radius 3 is 1.82 bits per heavy atom. The summed E-state index contributed by atoms with van der Waals surface area (Å²) in [5, 5.41) is 15.4. The molecule has 2 fully saturated rings. The van der Waals surface area contributed by atoms with Crippen LogP contribution >= 0.6 is 0 Å². The highest BCUT2D eigenvalue weighted by atomic mass is 16.6. The van der Waals surface area contributed by atoms with Crippen molar-refractivity contribution in [3.8, 4) is 0 Å². The van der Waals surface area contributed by atoms with Crippen LogP contribution in [-0.2, 0) is 64.0 Å². The number of nitrogens with one attached hydrogen (secondary N) is 6. The Hall–Kier alpha value is -6.89. The second-order valence-electron chi connectivity index (χ2n) is 22.6. The summed E-state index contributed by atoms with van der Waals surface area (Å²) in [5.41, 5.74) is 5.74. The standard InChI is InChI=1S/C52H84N8O12.C4H10N2O.C3H8.C2H5NO.C2H6/c1-13-35(8)48(39(70-11)28-44(65)59-27-17-18-38(59)49(71-12)34(6)7)57(9)45(66)30-54-51(68)47(33(4)5)58(10)52(69)72-31-36-20-22-37(23-21-36)55-41(62)29-53-50(67)46(32(2)3)56-40(61)19-15-14-16-26-60-42(63)24-25-43(60)64;1-2-3-6-4(5)7;1-3-2;1-3-2-4;1-2/h20-23,32-35,38-39,46-49H,13-19,24-31H2,1-12H3,(H,53,67)(H,54,68)(H,55,62)(H,56,61);2-3H2,1H3,(H3,5,6,7);3H2,1-2H3;2H,1H3,(H,3,4);1-2H3. The largest absolute Gasteiger partial charge is 0.445 e. The van der Waals surface area contributed by atoms with Gasteiger partial charge in [-0.25, -0.2) is 9.59 Å². The van der Waals surface area contributed by atoms with E-state index in [1.165, 1.54) is 23.3 Å². The number of likely N-dealkylation sites (N-methyl/N-ethyl adjacent to an activating group) is 2. The van der Waals surface area contributed by atoms with Crippen molar-refractivity contribution in [2.24, 2.45) is 29.4 Å². The van der Waals surface area contributed by atoms with E-state index in [9.17, 15) is 47.9 Å². The topological polar surface area (TPSA) is 327 Å². The molecule has 0 aliphatic carbocycles. The molecular formula is C63H113N11O14. The minimum atomic E-state index is -0.977. The fourth-order valence-electron chi connectivity index (χ4n) is 9.83. The number of unbranched alkanes of at least 4 members (excludes halogenated alkanes) is 2. The maximum Gasteiger partial charge on any atom is 0.410 e. The molecule has 0 aromatic heterocycles. The summed E-state index contributed by atoms with van der Waals surface area (Å²) in [6.07, 6.45) is 6.28. The van der Waals surface area contributed by atoms with Gasteiger partial charge in [0.15, 0.2) is 0 Å². The van der Waals surface area contributed by atoms with Gasteiger partial charge in [0.25, 0.3) is 0 Å². The number of amides is 12. The fraction of sp³-hybridized carbons (Fsp3) is 0.730. The molecule has 88 heavy (non-hydrogen) atoms. The quantitative estimate of drug-likeness (QED) is 0.0243. The number of rotatable bonds is 32. The van der Waals surface area contributed by atoms with Gasteiger partial charge in [0, 0.05) is 79.9 Å². The van der Waals surface area contributed by atoms with Crippen LogP contribution < -0.4 is 37.6 Å². The van der Waals surface area contributed by atoms with Crippen molar-refractivity contribution < 1.29 is 67.0 Å². The number of benzene rings is 1. The van der Waals surface area contributed by atoms with Crippen LogP contribution in [0.4, 0.5) is 15.3 Å². The van der Waals surface area contributed by atoms with Gasteiger partial charge in [0.1, 0.15) is 18.7 Å². The van der Waals surface area contributed by atoms with Gasteiger partial charge in [-0.3, -0.25) is 53.0 Å². The predicted octanol–water partition coefficient (Wildman–Crippen LogP) is 6.11. The molecule has 2 saturated heterocycles. The third-order valence-electron chi connectivity index (χ3n) is 14.5. The number of anilines is 1. The number of imide groups is 1. The van der Waals surface area contributed by atoms with E-state index >= 15 is 0 Å². The second kappa shape index (κ2) is 47.2. The normalized spacial score (nSPS) is 15.3. The van der Waals surface area contributed by atoms with Crippen molar-refractivity contribution in [1.82, 2.24) is 46.2 Å². The number of likely N-dealkylation sites (tertiary alicyclic amines) is 2. The summed E-state index contributed by atoms with van der Waals surface area (Å²) in [5.74, 6) is -3.07. The molecule has 0 radical (unpaired) electrons. The lowest BCUT2D eigenvalue weighted by atomic mass is 9.90. The molecular weight excluding hydrogens is 1130 g/mol. The Labute approximate surface area is 525 Å². The Morgan fingerprint density at radius 1 is 0.761 bits per heavy atom. The number of urea groups is 1. The van der Waals surface area contributed by atoms with E-state index in [4.69, 9.17) is 24.7 Å². The zero-order valence-corrected chi connectivity index (χ0v) is 56.5. The molecule has 1 aromatic rings. The molecule has 3 rings (SSSR count). The number of primary amides is 1. The lowest BCUT2D eigenvalue weighted by Crippen LogP contribution is -2.55. The molecule has 8 N–H and O–H groups in total. The van der Waals surface area contributed by atoms with Gasteiger partial charge in [-0.15, -0.1) is 0 Å². The first kappa shape index (κ1) is 83.2. The number of nitrogens with two attached hydrogens (primary N) is 1. The van der Waals surface area contributed by atoms with Crippen molar-refractivity contribution >= 4 is 71.5 Å². The van der Waals surface area contributed by atoms with E-state index in [0.717, 1.165) is 19.3 Å². The minimum absolute atomic E-state index is 0.0373. The average molecular weight is 1250 g/mol. The lowest BCUT2D eigenvalue weighted by Gasteiger charge is -2.39. The van der Waals surface area contributed by atoms with Crippen molar-refractivity contribution in [1.29, 1.82) is 0 Å². The highest BCUT2D eigenvalue weighted by Crippen LogP contribution is 2.29. The molecule has 2 heterocycles. The third-order valence-corrected chi connectivity index (χ3v) is 14.5. The molecule has 2 aliphatic rings. The van der Waals surface area contributed by atoms with Crippen LogP contribution in [0.3, 0.4) is 0 Å². The zero-order valence-electron chi connectivity index (χ0n) is 56.5. The van der Waals surface area contributed by atoms with Crippen LogP contribution in [0.1, 0.15) is 173 Å². The summed E-state index contributed by atoms with van der Waals surface area (Å²) in [6, 6.07) is 3.72. The number of methoxy groups -OCH3 is 2. The van der Waals surface area contributed by atoms with E-state index in [2.05, 4.69) is 59.6 Å². The van der Waals surface area contributed by atoms with E-state index in [0.29, 0.717) is 63.0 Å². The van der Waals surface area contributed by atoms with Gasteiger partial charge in [-0.2, -0.15) is 0 Å². The monoisotopic (exact) mass is 1250 g/mol. The number of carbonyl (C=O) groups excluding carboxylic acids is 11. The summed E-state index contributed by atoms with van der Waals surface area (Å²) in [7, 11) is 7.88. The molecule has 2 aliphatic heterocycles. The van der Waals surface area contributed by atoms with E-state index in [1.807, 2.05) is 39.5 Å². The minimum Gasteiger partial charge on any atom is -0.445 e. The summed E-state index contributed by atoms with van der Waals surface area (Å²) in [4.78, 5) is 141. The zero-order chi connectivity index (χ0) is 67.6. The van der Waals surface area contributed by atoms with Crippen molar-refractivity contribution in [2.45, 2.75) is 210 Å². The Kier molecular flexibility index (Phi) is 44.6. The van der Waals surface area contributed by atoms with E-state index in [1.54, 1.807) is 85.2 Å². The van der Waals surface area contributed by atoms with Gasteiger partial charge < -0.3 is 61.6 Å². The van der Waals surface area contributed by atoms with E-state index in [-0.39, 0.29) is 111 Å². The second-order valence-corrected chi connectivity index (χ2v) is 22.6. The van der Waals surface area contributed by atoms with Crippen LogP contribution in [0.2, 0.25) is 0 Å². The molecule has 25 nitrogen and oxygen atoms in total.